The highest BCUT2D eigenvalue weighted by Crippen LogP contribution is 2.48. The molecule has 0 amide bonds. The molecule has 13 heavy (non-hydrogen) atoms. The van der Waals surface area contributed by atoms with E-state index in [1.807, 2.05) is 51.1 Å². The third-order valence-electron chi connectivity index (χ3n) is 2.50. The van der Waals surface area contributed by atoms with Crippen LogP contribution in [0.2, 0.25) is 0 Å². The first-order valence-electron chi connectivity index (χ1n) is 4.75. The van der Waals surface area contributed by atoms with Crippen molar-refractivity contribution in [3.05, 3.63) is 30.3 Å². The Morgan fingerprint density at radius 1 is 1.23 bits per heavy atom. The molecular weight excluding hydrogens is 179 g/mol. The molecule has 0 saturated carbocycles. The van der Waals surface area contributed by atoms with E-state index in [9.17, 15) is 4.57 Å². The lowest BCUT2D eigenvalue weighted by Crippen LogP contribution is -2.13. The monoisotopic (exact) mass is 196 g/mol. The van der Waals surface area contributed by atoms with Gasteiger partial charge in [0.25, 0.3) is 0 Å². The second-order valence-corrected chi connectivity index (χ2v) is 7.31. The zero-order valence-corrected chi connectivity index (χ0v) is 9.42. The van der Waals surface area contributed by atoms with Gasteiger partial charge in [0.1, 0.15) is 7.14 Å². The standard InChI is InChI=1S/C11H17OP/c1-4-13(12,10(2)3)11-8-6-5-7-9-11/h5-10H,4H2,1-3H3. The summed E-state index contributed by atoms with van der Waals surface area (Å²) in [5.41, 5.74) is 0.250. The summed E-state index contributed by atoms with van der Waals surface area (Å²) in [6.07, 6.45) is 0.759. The Labute approximate surface area is 80.5 Å². The second kappa shape index (κ2) is 4.11. The lowest BCUT2D eigenvalue weighted by atomic mass is 10.4. The maximum absolute atomic E-state index is 12.5. The first-order chi connectivity index (χ1) is 6.11. The molecule has 2 heteroatoms. The highest BCUT2D eigenvalue weighted by Gasteiger charge is 2.25. The summed E-state index contributed by atoms with van der Waals surface area (Å²) in [4.78, 5) is 0. The van der Waals surface area contributed by atoms with Gasteiger partial charge in [-0.2, -0.15) is 0 Å². The molecule has 0 heterocycles. The third-order valence-corrected chi connectivity index (χ3v) is 6.28. The summed E-state index contributed by atoms with van der Waals surface area (Å²) >= 11 is 0. The van der Waals surface area contributed by atoms with Crippen LogP contribution in [0.25, 0.3) is 0 Å². The van der Waals surface area contributed by atoms with Gasteiger partial charge < -0.3 is 4.57 Å². The molecule has 0 saturated heterocycles. The van der Waals surface area contributed by atoms with Crippen LogP contribution in [0.5, 0.6) is 0 Å². The van der Waals surface area contributed by atoms with Crippen molar-refractivity contribution in [3.8, 4) is 0 Å². The topological polar surface area (TPSA) is 17.1 Å². The molecule has 0 fully saturated rings. The fourth-order valence-electron chi connectivity index (χ4n) is 1.53. The molecule has 1 unspecified atom stereocenters. The fraction of sp³-hybridized carbons (Fsp3) is 0.455. The van der Waals surface area contributed by atoms with Crippen molar-refractivity contribution in [2.45, 2.75) is 26.4 Å². The van der Waals surface area contributed by atoms with Crippen molar-refractivity contribution in [1.29, 1.82) is 0 Å². The van der Waals surface area contributed by atoms with Crippen LogP contribution in [-0.2, 0) is 4.57 Å². The Hall–Kier alpha value is -0.550. The summed E-state index contributed by atoms with van der Waals surface area (Å²) in [6.45, 7) is 6.09. The molecule has 72 valence electrons. The minimum Gasteiger partial charge on any atom is -0.318 e. The number of hydrogen-bond donors (Lipinski definition) is 0. The van der Waals surface area contributed by atoms with Gasteiger partial charge in [-0.25, -0.2) is 0 Å². The summed E-state index contributed by atoms with van der Waals surface area (Å²) in [6, 6.07) is 9.83. The van der Waals surface area contributed by atoms with Crippen LogP contribution in [-0.4, -0.2) is 11.8 Å². The fourth-order valence-corrected chi connectivity index (χ4v) is 3.89. The van der Waals surface area contributed by atoms with E-state index >= 15 is 0 Å². The van der Waals surface area contributed by atoms with E-state index in [2.05, 4.69) is 0 Å². The van der Waals surface area contributed by atoms with Gasteiger partial charge in [-0.1, -0.05) is 51.1 Å². The van der Waals surface area contributed by atoms with E-state index < -0.39 is 7.14 Å². The van der Waals surface area contributed by atoms with Gasteiger partial charge in [0.2, 0.25) is 0 Å². The quantitative estimate of drug-likeness (QED) is 0.679. The van der Waals surface area contributed by atoms with E-state index in [0.717, 1.165) is 11.5 Å². The van der Waals surface area contributed by atoms with E-state index in [0.29, 0.717) is 0 Å². The molecule has 0 aliphatic rings. The molecule has 1 aromatic rings. The minimum atomic E-state index is -2.12. The largest absolute Gasteiger partial charge is 0.318 e. The van der Waals surface area contributed by atoms with Gasteiger partial charge in [0, 0.05) is 17.1 Å². The first kappa shape index (κ1) is 10.5. The van der Waals surface area contributed by atoms with E-state index in [1.54, 1.807) is 0 Å². The third kappa shape index (κ3) is 2.03. The number of hydrogen-bond acceptors (Lipinski definition) is 1. The molecule has 0 radical (unpaired) electrons. The zero-order chi connectivity index (χ0) is 9.90. The Balaban J connectivity index is 3.12. The van der Waals surface area contributed by atoms with Gasteiger partial charge in [-0.05, 0) is 0 Å². The highest BCUT2D eigenvalue weighted by atomic mass is 31.2. The van der Waals surface area contributed by atoms with Crippen LogP contribution >= 0.6 is 7.14 Å². The van der Waals surface area contributed by atoms with Gasteiger partial charge >= 0.3 is 0 Å². The molecule has 0 spiro atoms. The predicted octanol–water partition coefficient (Wildman–Crippen LogP) is 3.10. The summed E-state index contributed by atoms with van der Waals surface area (Å²) in [5, 5.41) is 1.02. The predicted molar refractivity (Wildman–Crippen MR) is 59.4 cm³/mol. The van der Waals surface area contributed by atoms with Crippen LogP contribution in [0.1, 0.15) is 20.8 Å². The Morgan fingerprint density at radius 2 is 1.77 bits per heavy atom. The maximum atomic E-state index is 12.5. The van der Waals surface area contributed by atoms with E-state index in [4.69, 9.17) is 0 Å². The molecule has 1 atom stereocenters. The number of rotatable bonds is 3. The first-order valence-corrected chi connectivity index (χ1v) is 6.71. The summed E-state index contributed by atoms with van der Waals surface area (Å²) < 4.78 is 12.5. The van der Waals surface area contributed by atoms with Crippen molar-refractivity contribution >= 4 is 12.4 Å². The van der Waals surface area contributed by atoms with Crippen molar-refractivity contribution in [2.24, 2.45) is 0 Å². The van der Waals surface area contributed by atoms with Crippen molar-refractivity contribution in [1.82, 2.24) is 0 Å². The lowest BCUT2D eigenvalue weighted by molar-refractivity contribution is 0.576. The van der Waals surface area contributed by atoms with Crippen LogP contribution in [0.3, 0.4) is 0 Å². The van der Waals surface area contributed by atoms with Crippen LogP contribution in [0.15, 0.2) is 30.3 Å². The zero-order valence-electron chi connectivity index (χ0n) is 8.53. The van der Waals surface area contributed by atoms with Gasteiger partial charge in [-0.3, -0.25) is 0 Å². The average molecular weight is 196 g/mol. The minimum absolute atomic E-state index is 0.250. The Bertz CT molecular complexity index is 303. The Kier molecular flexibility index (Phi) is 3.33. The molecule has 0 aliphatic heterocycles. The SMILES string of the molecule is CCP(=O)(c1ccccc1)C(C)C. The molecule has 1 nitrogen and oxygen atoms in total. The van der Waals surface area contributed by atoms with Crippen molar-refractivity contribution < 1.29 is 4.57 Å². The summed E-state index contributed by atoms with van der Waals surface area (Å²) in [7, 11) is -2.12. The molecule has 0 bridgehead atoms. The normalized spacial score (nSPS) is 15.7. The average Bonchev–Trinajstić information content (AvgIpc) is 2.17. The van der Waals surface area contributed by atoms with Crippen molar-refractivity contribution in [2.75, 3.05) is 6.16 Å². The molecule has 0 N–H and O–H groups in total. The van der Waals surface area contributed by atoms with Crippen LogP contribution in [0.4, 0.5) is 0 Å². The smallest absolute Gasteiger partial charge is 0.117 e. The van der Waals surface area contributed by atoms with Gasteiger partial charge in [0.05, 0.1) is 0 Å². The van der Waals surface area contributed by atoms with Crippen LogP contribution in [0, 0.1) is 0 Å². The van der Waals surface area contributed by atoms with Gasteiger partial charge in [-0.15, -0.1) is 0 Å². The molecule has 1 aromatic carbocycles. The molecular formula is C11H17OP. The molecule has 0 aromatic heterocycles. The lowest BCUT2D eigenvalue weighted by Gasteiger charge is -2.20. The maximum Gasteiger partial charge on any atom is 0.117 e. The molecule has 1 rings (SSSR count). The van der Waals surface area contributed by atoms with Gasteiger partial charge in [0.15, 0.2) is 0 Å². The van der Waals surface area contributed by atoms with Crippen molar-refractivity contribution in [3.63, 3.8) is 0 Å². The molecule has 0 aliphatic carbocycles. The second-order valence-electron chi connectivity index (χ2n) is 3.54. The van der Waals surface area contributed by atoms with E-state index in [-0.39, 0.29) is 5.66 Å². The Morgan fingerprint density at radius 3 is 2.15 bits per heavy atom. The number of benzene rings is 1. The van der Waals surface area contributed by atoms with E-state index in [1.165, 1.54) is 0 Å². The van der Waals surface area contributed by atoms with Crippen LogP contribution < -0.4 is 5.30 Å². The summed E-state index contributed by atoms with van der Waals surface area (Å²) in [5.74, 6) is 0. The highest BCUT2D eigenvalue weighted by molar-refractivity contribution is 7.72.